The summed E-state index contributed by atoms with van der Waals surface area (Å²) in [5.41, 5.74) is 8.12. The molecule has 2 aromatic rings. The lowest BCUT2D eigenvalue weighted by molar-refractivity contribution is 1.07. The Morgan fingerprint density at radius 2 is 2.27 bits per heavy atom. The van der Waals surface area contributed by atoms with Gasteiger partial charge in [-0.2, -0.15) is 0 Å². The van der Waals surface area contributed by atoms with Crippen LogP contribution in [0.1, 0.15) is 5.69 Å². The second-order valence-electron chi connectivity index (χ2n) is 2.45. The Morgan fingerprint density at radius 1 is 1.45 bits per heavy atom. The van der Waals surface area contributed by atoms with Crippen LogP contribution in [0.25, 0.3) is 5.65 Å². The predicted molar refractivity (Wildman–Crippen MR) is 42.1 cm³/mol. The Hall–Kier alpha value is -1.58. The summed E-state index contributed by atoms with van der Waals surface area (Å²) in [6.45, 7) is 1.98. The van der Waals surface area contributed by atoms with E-state index in [0.717, 1.165) is 11.3 Å². The van der Waals surface area contributed by atoms with E-state index in [9.17, 15) is 0 Å². The van der Waals surface area contributed by atoms with Gasteiger partial charge in [0.15, 0.2) is 5.65 Å². The lowest BCUT2D eigenvalue weighted by Gasteiger charge is -1.98. The summed E-state index contributed by atoms with van der Waals surface area (Å²) in [4.78, 5) is 0. The first kappa shape index (κ1) is 6.15. The third-order valence-electron chi connectivity index (χ3n) is 1.69. The van der Waals surface area contributed by atoms with E-state index < -0.39 is 0 Å². The van der Waals surface area contributed by atoms with Crippen LogP contribution in [0.15, 0.2) is 18.5 Å². The number of nitrogen functional groups attached to an aromatic ring is 1. The van der Waals surface area contributed by atoms with Crippen molar-refractivity contribution in [3.63, 3.8) is 0 Å². The largest absolute Gasteiger partial charge is 0.396 e. The fourth-order valence-electron chi connectivity index (χ4n) is 1.06. The molecule has 11 heavy (non-hydrogen) atoms. The number of anilines is 1. The van der Waals surface area contributed by atoms with Crippen molar-refractivity contribution in [3.8, 4) is 0 Å². The van der Waals surface area contributed by atoms with E-state index in [1.54, 1.807) is 6.33 Å². The first-order valence-corrected chi connectivity index (χ1v) is 3.34. The van der Waals surface area contributed by atoms with Gasteiger partial charge < -0.3 is 5.73 Å². The minimum absolute atomic E-state index is 0.660. The van der Waals surface area contributed by atoms with Crippen molar-refractivity contribution in [3.05, 3.63) is 24.2 Å². The molecular weight excluding hydrogens is 140 g/mol. The number of rotatable bonds is 0. The zero-order valence-electron chi connectivity index (χ0n) is 6.15. The topological polar surface area (TPSA) is 56.2 Å². The van der Waals surface area contributed by atoms with E-state index in [1.807, 2.05) is 23.5 Å². The molecule has 0 aliphatic rings. The molecule has 4 heteroatoms. The highest BCUT2D eigenvalue weighted by atomic mass is 15.2. The van der Waals surface area contributed by atoms with Gasteiger partial charge in [0.25, 0.3) is 0 Å². The minimum atomic E-state index is 0.660. The van der Waals surface area contributed by atoms with Gasteiger partial charge in [0.1, 0.15) is 6.33 Å². The number of nitrogens with two attached hydrogens (primary N) is 1. The van der Waals surface area contributed by atoms with E-state index in [2.05, 4.69) is 10.2 Å². The van der Waals surface area contributed by atoms with Crippen LogP contribution < -0.4 is 5.73 Å². The Balaban J connectivity index is 2.96. The lowest BCUT2D eigenvalue weighted by Crippen LogP contribution is -1.94. The monoisotopic (exact) mass is 148 g/mol. The number of hydrogen-bond donors (Lipinski definition) is 1. The molecule has 0 amide bonds. The average Bonchev–Trinajstić information content (AvgIpc) is 2.45. The van der Waals surface area contributed by atoms with Crippen molar-refractivity contribution in [1.82, 2.24) is 14.6 Å². The molecule has 4 nitrogen and oxygen atoms in total. The van der Waals surface area contributed by atoms with Crippen LogP contribution in [0.4, 0.5) is 5.69 Å². The van der Waals surface area contributed by atoms with Gasteiger partial charge >= 0.3 is 0 Å². The third-order valence-corrected chi connectivity index (χ3v) is 1.69. The van der Waals surface area contributed by atoms with Crippen LogP contribution in [0.3, 0.4) is 0 Å². The van der Waals surface area contributed by atoms with Crippen LogP contribution in [0, 0.1) is 6.92 Å². The van der Waals surface area contributed by atoms with Crippen LogP contribution >= 0.6 is 0 Å². The molecule has 0 saturated carbocycles. The number of aromatic nitrogens is 3. The standard InChI is InChI=1S/C7H8N4/c1-5-2-3-6(8)7-10-9-4-11(5)7/h2-4H,8H2,1H3. The van der Waals surface area contributed by atoms with E-state index in [4.69, 9.17) is 5.73 Å². The van der Waals surface area contributed by atoms with Gasteiger partial charge in [0.05, 0.1) is 5.69 Å². The Bertz CT molecular complexity index is 354. The number of fused-ring (bicyclic) bond motifs is 1. The number of aryl methyl sites for hydroxylation is 1. The van der Waals surface area contributed by atoms with Crippen molar-refractivity contribution in [2.24, 2.45) is 0 Å². The maximum absolute atomic E-state index is 5.65. The van der Waals surface area contributed by atoms with Crippen LogP contribution in [0.2, 0.25) is 0 Å². The zero-order valence-corrected chi connectivity index (χ0v) is 6.15. The highest BCUT2D eigenvalue weighted by molar-refractivity contribution is 5.63. The summed E-state index contributed by atoms with van der Waals surface area (Å²) in [7, 11) is 0. The minimum Gasteiger partial charge on any atom is -0.396 e. The fourth-order valence-corrected chi connectivity index (χ4v) is 1.06. The van der Waals surface area contributed by atoms with Crippen molar-refractivity contribution in [2.45, 2.75) is 6.92 Å². The van der Waals surface area contributed by atoms with Crippen molar-refractivity contribution in [2.75, 3.05) is 5.73 Å². The summed E-state index contributed by atoms with van der Waals surface area (Å²) in [6.07, 6.45) is 1.65. The Morgan fingerprint density at radius 3 is 3.00 bits per heavy atom. The molecule has 2 heterocycles. The molecule has 0 spiro atoms. The molecule has 2 rings (SSSR count). The van der Waals surface area contributed by atoms with E-state index in [-0.39, 0.29) is 0 Å². The second kappa shape index (κ2) is 1.95. The number of pyridine rings is 1. The maximum Gasteiger partial charge on any atom is 0.183 e. The quantitative estimate of drug-likeness (QED) is 0.595. The van der Waals surface area contributed by atoms with E-state index in [0.29, 0.717) is 5.69 Å². The van der Waals surface area contributed by atoms with Gasteiger partial charge in [0, 0.05) is 5.69 Å². The van der Waals surface area contributed by atoms with Gasteiger partial charge in [-0.15, -0.1) is 10.2 Å². The molecule has 0 radical (unpaired) electrons. The average molecular weight is 148 g/mol. The molecule has 0 atom stereocenters. The van der Waals surface area contributed by atoms with Gasteiger partial charge in [-0.25, -0.2) is 0 Å². The SMILES string of the molecule is Cc1ccc(N)c2nncn12. The smallest absolute Gasteiger partial charge is 0.183 e. The lowest BCUT2D eigenvalue weighted by atomic mass is 10.3. The van der Waals surface area contributed by atoms with Gasteiger partial charge in [0.2, 0.25) is 0 Å². The van der Waals surface area contributed by atoms with Crippen molar-refractivity contribution in [1.29, 1.82) is 0 Å². The van der Waals surface area contributed by atoms with E-state index in [1.165, 1.54) is 0 Å². The first-order valence-electron chi connectivity index (χ1n) is 3.34. The van der Waals surface area contributed by atoms with Crippen molar-refractivity contribution < 1.29 is 0 Å². The number of nitrogens with zero attached hydrogens (tertiary/aromatic N) is 3. The molecule has 0 unspecified atom stereocenters. The fraction of sp³-hybridized carbons (Fsp3) is 0.143. The number of hydrogen-bond acceptors (Lipinski definition) is 3. The molecule has 2 N–H and O–H groups in total. The molecule has 0 aromatic carbocycles. The Labute approximate surface area is 63.7 Å². The molecule has 0 fully saturated rings. The third kappa shape index (κ3) is 0.756. The van der Waals surface area contributed by atoms with Crippen LogP contribution in [0.5, 0.6) is 0 Å². The van der Waals surface area contributed by atoms with Gasteiger partial charge in [-0.1, -0.05) is 0 Å². The van der Waals surface area contributed by atoms with Crippen molar-refractivity contribution >= 4 is 11.3 Å². The van der Waals surface area contributed by atoms with Crippen LogP contribution in [-0.4, -0.2) is 14.6 Å². The first-order chi connectivity index (χ1) is 5.29. The summed E-state index contributed by atoms with van der Waals surface area (Å²) in [6, 6.07) is 3.77. The Kier molecular flexibility index (Phi) is 1.09. The predicted octanol–water partition coefficient (Wildman–Crippen LogP) is 0.620. The molecule has 56 valence electrons. The second-order valence-corrected chi connectivity index (χ2v) is 2.45. The zero-order chi connectivity index (χ0) is 7.84. The summed E-state index contributed by atoms with van der Waals surface area (Å²) < 4.78 is 1.86. The summed E-state index contributed by atoms with van der Waals surface area (Å²) in [5.74, 6) is 0. The summed E-state index contributed by atoms with van der Waals surface area (Å²) >= 11 is 0. The highest BCUT2D eigenvalue weighted by Gasteiger charge is 2.00. The normalized spacial score (nSPS) is 10.6. The maximum atomic E-state index is 5.65. The molecule has 2 aromatic heterocycles. The molecule has 0 aliphatic heterocycles. The summed E-state index contributed by atoms with van der Waals surface area (Å²) in [5, 5.41) is 7.62. The van der Waals surface area contributed by atoms with Gasteiger partial charge in [-0.05, 0) is 19.1 Å². The van der Waals surface area contributed by atoms with Gasteiger partial charge in [-0.3, -0.25) is 4.40 Å². The highest BCUT2D eigenvalue weighted by Crippen LogP contribution is 2.11. The molecule has 0 bridgehead atoms. The van der Waals surface area contributed by atoms with E-state index >= 15 is 0 Å². The molecular formula is C7H8N4. The molecule has 0 saturated heterocycles. The molecule has 0 aliphatic carbocycles. The van der Waals surface area contributed by atoms with Crippen LogP contribution in [-0.2, 0) is 0 Å².